The number of ether oxygens (including phenoxy) is 1. The molecule has 2 nitrogen and oxygen atoms in total. The summed E-state index contributed by atoms with van der Waals surface area (Å²) in [5, 5.41) is 0. The molecule has 1 fully saturated rings. The van der Waals surface area contributed by atoms with Gasteiger partial charge in [-0.25, -0.2) is 0 Å². The summed E-state index contributed by atoms with van der Waals surface area (Å²) in [5.74, 6) is 0.111. The van der Waals surface area contributed by atoms with Crippen LogP contribution in [0.25, 0.3) is 0 Å². The van der Waals surface area contributed by atoms with Crippen molar-refractivity contribution >= 4 is 5.97 Å². The van der Waals surface area contributed by atoms with Crippen LogP contribution in [0.4, 0.5) is 0 Å². The maximum absolute atomic E-state index is 10.4. The van der Waals surface area contributed by atoms with Crippen LogP contribution < -0.4 is 0 Å². The molecule has 1 rings (SSSR count). The molecule has 1 saturated heterocycles. The Morgan fingerprint density at radius 2 is 2.30 bits per heavy atom. The van der Waals surface area contributed by atoms with Gasteiger partial charge in [-0.3, -0.25) is 4.79 Å². The van der Waals surface area contributed by atoms with E-state index in [2.05, 4.69) is 11.3 Å². The average molecular weight is 142 g/mol. The van der Waals surface area contributed by atoms with E-state index in [4.69, 9.17) is 0 Å². The van der Waals surface area contributed by atoms with Gasteiger partial charge in [0, 0.05) is 0 Å². The average Bonchev–Trinajstić information content (AvgIpc) is 2.19. The molecule has 0 aromatic heterocycles. The highest BCUT2D eigenvalue weighted by molar-refractivity contribution is 5.73. The Kier molecular flexibility index (Phi) is 4.63. The summed E-state index contributed by atoms with van der Waals surface area (Å²) >= 11 is 0. The van der Waals surface area contributed by atoms with Crippen molar-refractivity contribution in [2.45, 2.75) is 20.3 Å². The van der Waals surface area contributed by atoms with E-state index in [0.29, 0.717) is 6.61 Å². The van der Waals surface area contributed by atoms with Gasteiger partial charge in [-0.15, -0.1) is 6.58 Å². The number of allylic oxidation sites excluding steroid dienone is 1. The van der Waals surface area contributed by atoms with Crippen LogP contribution in [0.3, 0.4) is 0 Å². The van der Waals surface area contributed by atoms with Gasteiger partial charge in [0.2, 0.25) is 0 Å². The van der Waals surface area contributed by atoms with Crippen LogP contribution in [0, 0.1) is 5.92 Å². The molecule has 0 radical (unpaired) electrons. The Labute approximate surface area is 61.9 Å². The molecule has 0 aromatic rings. The number of carbonyl (C=O) groups is 1. The molecule has 0 amide bonds. The first-order chi connectivity index (χ1) is 4.72. The van der Waals surface area contributed by atoms with Crippen molar-refractivity contribution in [3.05, 3.63) is 12.7 Å². The van der Waals surface area contributed by atoms with Crippen LogP contribution in [-0.2, 0) is 9.53 Å². The zero-order valence-electron chi connectivity index (χ0n) is 6.59. The van der Waals surface area contributed by atoms with Gasteiger partial charge in [0.15, 0.2) is 0 Å². The molecular weight excluding hydrogens is 128 g/mol. The minimum Gasteiger partial charge on any atom is -0.465 e. The fraction of sp³-hybridized carbons (Fsp3) is 0.625. The van der Waals surface area contributed by atoms with Crippen LogP contribution >= 0.6 is 0 Å². The van der Waals surface area contributed by atoms with Crippen molar-refractivity contribution < 1.29 is 9.53 Å². The fourth-order valence-electron chi connectivity index (χ4n) is 0.596. The summed E-state index contributed by atoms with van der Waals surface area (Å²) in [6.45, 7) is 7.76. The first-order valence-corrected chi connectivity index (χ1v) is 3.46. The van der Waals surface area contributed by atoms with E-state index in [1.165, 1.54) is 0 Å². The summed E-state index contributed by atoms with van der Waals surface area (Å²) in [6, 6.07) is 0. The Bertz CT molecular complexity index is 118. The maximum atomic E-state index is 10.4. The smallest absolute Gasteiger partial charge is 0.308 e. The number of hydrogen-bond donors (Lipinski definition) is 0. The first kappa shape index (κ1) is 9.21. The summed E-state index contributed by atoms with van der Waals surface area (Å²) in [7, 11) is 0. The highest BCUT2D eigenvalue weighted by Gasteiger charge is 2.20. The molecule has 1 aliphatic heterocycles. The highest BCUT2D eigenvalue weighted by Crippen LogP contribution is 2.11. The lowest BCUT2D eigenvalue weighted by Gasteiger charge is -1.88. The van der Waals surface area contributed by atoms with Crippen molar-refractivity contribution in [1.29, 1.82) is 0 Å². The Morgan fingerprint density at radius 1 is 1.80 bits per heavy atom. The predicted molar refractivity (Wildman–Crippen MR) is 40.6 cm³/mol. The fourth-order valence-corrected chi connectivity index (χ4v) is 0.596. The first-order valence-electron chi connectivity index (χ1n) is 3.46. The van der Waals surface area contributed by atoms with Crippen molar-refractivity contribution in [3.8, 4) is 0 Å². The zero-order valence-corrected chi connectivity index (χ0v) is 6.59. The summed E-state index contributed by atoms with van der Waals surface area (Å²) < 4.78 is 4.63. The van der Waals surface area contributed by atoms with E-state index in [0.717, 1.165) is 6.42 Å². The Balaban J connectivity index is 0.000000236. The minimum absolute atomic E-state index is 0.0417. The highest BCUT2D eigenvalue weighted by atomic mass is 16.5. The molecule has 0 saturated carbocycles. The lowest BCUT2D eigenvalue weighted by atomic mass is 10.2. The van der Waals surface area contributed by atoms with E-state index in [-0.39, 0.29) is 11.9 Å². The number of carbonyl (C=O) groups excluding carboxylic acids is 1. The maximum Gasteiger partial charge on any atom is 0.308 e. The van der Waals surface area contributed by atoms with E-state index >= 15 is 0 Å². The molecule has 0 aromatic carbocycles. The second kappa shape index (κ2) is 5.03. The normalized spacial score (nSPS) is 22.6. The van der Waals surface area contributed by atoms with Crippen LogP contribution in [0.1, 0.15) is 20.3 Å². The zero-order chi connectivity index (χ0) is 7.98. The number of cyclic esters (lactones) is 1. The minimum atomic E-state index is -0.0417. The van der Waals surface area contributed by atoms with Gasteiger partial charge < -0.3 is 4.74 Å². The van der Waals surface area contributed by atoms with Gasteiger partial charge in [-0.05, 0) is 13.3 Å². The lowest BCUT2D eigenvalue weighted by molar-refractivity contribution is -0.140. The third kappa shape index (κ3) is 3.28. The van der Waals surface area contributed by atoms with Gasteiger partial charge in [0.1, 0.15) is 0 Å². The van der Waals surface area contributed by atoms with Gasteiger partial charge >= 0.3 is 5.97 Å². The van der Waals surface area contributed by atoms with Crippen LogP contribution in [0.2, 0.25) is 0 Å². The number of rotatable bonds is 0. The van der Waals surface area contributed by atoms with Crippen molar-refractivity contribution in [2.75, 3.05) is 6.61 Å². The topological polar surface area (TPSA) is 26.3 Å². The van der Waals surface area contributed by atoms with Gasteiger partial charge in [0.25, 0.3) is 0 Å². The van der Waals surface area contributed by atoms with E-state index < -0.39 is 0 Å². The van der Waals surface area contributed by atoms with E-state index in [9.17, 15) is 4.79 Å². The van der Waals surface area contributed by atoms with Gasteiger partial charge in [0.05, 0.1) is 12.5 Å². The second-order valence-electron chi connectivity index (χ2n) is 2.27. The number of esters is 1. The Hall–Kier alpha value is -0.790. The van der Waals surface area contributed by atoms with Gasteiger partial charge in [-0.1, -0.05) is 13.0 Å². The Morgan fingerprint density at radius 3 is 2.40 bits per heavy atom. The quantitative estimate of drug-likeness (QED) is 0.380. The number of hydrogen-bond acceptors (Lipinski definition) is 2. The molecule has 2 heteroatoms. The predicted octanol–water partition coefficient (Wildman–Crippen LogP) is 1.76. The van der Waals surface area contributed by atoms with E-state index in [1.807, 2.05) is 13.8 Å². The molecule has 1 atom stereocenters. The SMILES string of the molecule is C=CC.CC1CCOC1=O. The standard InChI is InChI=1S/C5H8O2.C3H6/c1-4-2-3-7-5(4)6;1-3-2/h4H,2-3H2,1H3;3H,1H2,2H3. The molecule has 0 aliphatic carbocycles. The van der Waals surface area contributed by atoms with Crippen LogP contribution in [0.15, 0.2) is 12.7 Å². The second-order valence-corrected chi connectivity index (χ2v) is 2.27. The van der Waals surface area contributed by atoms with E-state index in [1.54, 1.807) is 6.08 Å². The third-order valence-corrected chi connectivity index (χ3v) is 1.20. The van der Waals surface area contributed by atoms with Crippen LogP contribution in [-0.4, -0.2) is 12.6 Å². The van der Waals surface area contributed by atoms with Gasteiger partial charge in [-0.2, -0.15) is 0 Å². The molecular formula is C8H14O2. The summed E-state index contributed by atoms with van der Waals surface area (Å²) in [5.41, 5.74) is 0. The van der Waals surface area contributed by atoms with Crippen molar-refractivity contribution in [1.82, 2.24) is 0 Å². The molecule has 10 heavy (non-hydrogen) atoms. The lowest BCUT2D eigenvalue weighted by Crippen LogP contribution is -2.00. The molecule has 1 unspecified atom stereocenters. The molecule has 1 aliphatic rings. The summed E-state index contributed by atoms with van der Waals surface area (Å²) in [6.07, 6.45) is 2.65. The van der Waals surface area contributed by atoms with Crippen LogP contribution in [0.5, 0.6) is 0 Å². The molecule has 0 bridgehead atoms. The monoisotopic (exact) mass is 142 g/mol. The molecule has 1 heterocycles. The summed E-state index contributed by atoms with van der Waals surface area (Å²) in [4.78, 5) is 10.4. The largest absolute Gasteiger partial charge is 0.465 e. The third-order valence-electron chi connectivity index (χ3n) is 1.20. The molecule has 0 N–H and O–H groups in total. The van der Waals surface area contributed by atoms with Crippen molar-refractivity contribution in [2.24, 2.45) is 5.92 Å². The molecule has 58 valence electrons. The van der Waals surface area contributed by atoms with Crippen molar-refractivity contribution in [3.63, 3.8) is 0 Å². The molecule has 0 spiro atoms.